The minimum atomic E-state index is -0.644. The van der Waals surface area contributed by atoms with Gasteiger partial charge in [-0.15, -0.1) is 0 Å². The Morgan fingerprint density at radius 3 is 2.32 bits per heavy atom. The average Bonchev–Trinajstić information content (AvgIpc) is 2.37. The summed E-state index contributed by atoms with van der Waals surface area (Å²) in [6, 6.07) is 5.72. The molecule has 2 N–H and O–H groups in total. The molecule has 1 amide bonds. The lowest BCUT2D eigenvalue weighted by molar-refractivity contribution is -0.146. The van der Waals surface area contributed by atoms with E-state index in [-0.39, 0.29) is 24.0 Å². The second kappa shape index (κ2) is 6.78. The molecule has 1 aromatic carbocycles. The highest BCUT2D eigenvalue weighted by Crippen LogP contribution is 2.10. The minimum absolute atomic E-state index is 0.0452. The minimum Gasteiger partial charge on any atom is -0.508 e. The molecule has 5 heteroatoms. The second-order valence-electron chi connectivity index (χ2n) is 4.66. The number of carbonyl (C=O) groups excluding carboxylic acids is 2. The van der Waals surface area contributed by atoms with Crippen LogP contribution in [0.1, 0.15) is 19.4 Å². The fourth-order valence-electron chi connectivity index (χ4n) is 1.65. The number of esters is 1. The van der Waals surface area contributed by atoms with Gasteiger partial charge in [0.15, 0.2) is 0 Å². The van der Waals surface area contributed by atoms with E-state index in [9.17, 15) is 9.59 Å². The standard InChI is InChI=1S/C14H19NO4/c1-9(2)13(14(18)19-3)15-12(17)8-10-4-6-11(16)7-5-10/h4-7,9,13,16H,8H2,1-3H3,(H,15,17). The van der Waals surface area contributed by atoms with Crippen LogP contribution in [0.4, 0.5) is 0 Å². The van der Waals surface area contributed by atoms with Crippen molar-refractivity contribution in [2.45, 2.75) is 26.3 Å². The van der Waals surface area contributed by atoms with Crippen molar-refractivity contribution in [1.82, 2.24) is 5.32 Å². The summed E-state index contributed by atoms with van der Waals surface area (Å²) in [7, 11) is 1.30. The van der Waals surface area contributed by atoms with E-state index in [0.717, 1.165) is 5.56 Å². The Morgan fingerprint density at radius 2 is 1.84 bits per heavy atom. The maximum absolute atomic E-state index is 11.9. The molecule has 5 nitrogen and oxygen atoms in total. The van der Waals surface area contributed by atoms with Gasteiger partial charge in [-0.1, -0.05) is 26.0 Å². The van der Waals surface area contributed by atoms with Crippen LogP contribution in [-0.4, -0.2) is 30.1 Å². The summed E-state index contributed by atoms with van der Waals surface area (Å²) in [6.45, 7) is 3.67. The van der Waals surface area contributed by atoms with Crippen molar-refractivity contribution in [3.8, 4) is 5.75 Å². The Hall–Kier alpha value is -2.04. The number of ether oxygens (including phenoxy) is 1. The summed E-state index contributed by atoms with van der Waals surface area (Å²) >= 11 is 0. The van der Waals surface area contributed by atoms with Crippen LogP contribution in [0.25, 0.3) is 0 Å². The van der Waals surface area contributed by atoms with Gasteiger partial charge in [0.05, 0.1) is 13.5 Å². The van der Waals surface area contributed by atoms with E-state index >= 15 is 0 Å². The molecule has 19 heavy (non-hydrogen) atoms. The van der Waals surface area contributed by atoms with Crippen molar-refractivity contribution in [3.63, 3.8) is 0 Å². The lowest BCUT2D eigenvalue weighted by atomic mass is 10.0. The number of phenols is 1. The molecule has 1 atom stereocenters. The van der Waals surface area contributed by atoms with Crippen LogP contribution >= 0.6 is 0 Å². The number of hydrogen-bond donors (Lipinski definition) is 2. The van der Waals surface area contributed by atoms with E-state index in [0.29, 0.717) is 0 Å². The number of aromatic hydroxyl groups is 1. The summed E-state index contributed by atoms with van der Waals surface area (Å²) < 4.78 is 4.65. The van der Waals surface area contributed by atoms with Gasteiger partial charge in [0, 0.05) is 0 Å². The molecule has 0 radical (unpaired) electrons. The topological polar surface area (TPSA) is 75.6 Å². The van der Waals surface area contributed by atoms with Crippen molar-refractivity contribution in [2.24, 2.45) is 5.92 Å². The average molecular weight is 265 g/mol. The van der Waals surface area contributed by atoms with Crippen molar-refractivity contribution < 1.29 is 19.4 Å². The molecular formula is C14H19NO4. The molecule has 0 saturated carbocycles. The first-order valence-electron chi connectivity index (χ1n) is 6.09. The largest absolute Gasteiger partial charge is 0.508 e. The maximum atomic E-state index is 11.9. The molecule has 104 valence electrons. The summed E-state index contributed by atoms with van der Waals surface area (Å²) in [5, 5.41) is 11.8. The monoisotopic (exact) mass is 265 g/mol. The third kappa shape index (κ3) is 4.62. The Bertz CT molecular complexity index is 439. The highest BCUT2D eigenvalue weighted by Gasteiger charge is 2.24. The van der Waals surface area contributed by atoms with E-state index in [1.807, 2.05) is 13.8 Å². The number of nitrogens with one attached hydrogen (secondary N) is 1. The predicted octanol–water partition coefficient (Wildman–Crippen LogP) is 1.25. The molecule has 0 spiro atoms. The molecule has 1 unspecified atom stereocenters. The molecule has 0 heterocycles. The van der Waals surface area contributed by atoms with E-state index < -0.39 is 12.0 Å². The summed E-state index contributed by atoms with van der Waals surface area (Å²) in [5.41, 5.74) is 0.766. The van der Waals surface area contributed by atoms with Gasteiger partial charge >= 0.3 is 5.97 Å². The third-order valence-corrected chi connectivity index (χ3v) is 2.74. The molecular weight excluding hydrogens is 246 g/mol. The van der Waals surface area contributed by atoms with Gasteiger partial charge in [-0.25, -0.2) is 4.79 Å². The van der Waals surface area contributed by atoms with Crippen molar-refractivity contribution in [2.75, 3.05) is 7.11 Å². The molecule has 0 aliphatic heterocycles. The second-order valence-corrected chi connectivity index (χ2v) is 4.66. The number of methoxy groups -OCH3 is 1. The van der Waals surface area contributed by atoms with Gasteiger partial charge in [0.25, 0.3) is 0 Å². The highest BCUT2D eigenvalue weighted by molar-refractivity contribution is 5.85. The van der Waals surface area contributed by atoms with Crippen LogP contribution in [0.5, 0.6) is 5.75 Å². The zero-order chi connectivity index (χ0) is 14.4. The normalized spacial score (nSPS) is 12.0. The van der Waals surface area contributed by atoms with E-state index in [4.69, 9.17) is 5.11 Å². The molecule has 0 saturated heterocycles. The number of carbonyl (C=O) groups is 2. The molecule has 0 fully saturated rings. The number of benzene rings is 1. The number of phenolic OH excluding ortho intramolecular Hbond substituents is 1. The highest BCUT2D eigenvalue weighted by atomic mass is 16.5. The van der Waals surface area contributed by atoms with Crippen LogP contribution in [0.3, 0.4) is 0 Å². The number of amides is 1. The quantitative estimate of drug-likeness (QED) is 0.786. The Labute approximate surface area is 112 Å². The summed E-state index contributed by atoms with van der Waals surface area (Å²) in [6.07, 6.45) is 0.153. The van der Waals surface area contributed by atoms with Crippen molar-refractivity contribution in [3.05, 3.63) is 29.8 Å². The van der Waals surface area contributed by atoms with Gasteiger partial charge in [-0.3, -0.25) is 4.79 Å². The summed E-state index contributed by atoms with van der Waals surface area (Å²) in [4.78, 5) is 23.4. The smallest absolute Gasteiger partial charge is 0.328 e. The van der Waals surface area contributed by atoms with E-state index in [1.54, 1.807) is 12.1 Å². The van der Waals surface area contributed by atoms with Crippen LogP contribution in [0.2, 0.25) is 0 Å². The third-order valence-electron chi connectivity index (χ3n) is 2.74. The number of hydrogen-bond acceptors (Lipinski definition) is 4. The van der Waals surface area contributed by atoms with Gasteiger partial charge < -0.3 is 15.2 Å². The van der Waals surface area contributed by atoms with Crippen LogP contribution < -0.4 is 5.32 Å². The van der Waals surface area contributed by atoms with Crippen LogP contribution in [0.15, 0.2) is 24.3 Å². The van der Waals surface area contributed by atoms with E-state index in [2.05, 4.69) is 10.1 Å². The molecule has 0 aliphatic carbocycles. The van der Waals surface area contributed by atoms with Crippen molar-refractivity contribution in [1.29, 1.82) is 0 Å². The lowest BCUT2D eigenvalue weighted by Gasteiger charge is -2.19. The van der Waals surface area contributed by atoms with Crippen LogP contribution in [0, 0.1) is 5.92 Å². The fourth-order valence-corrected chi connectivity index (χ4v) is 1.65. The summed E-state index contributed by atoms with van der Waals surface area (Å²) in [5.74, 6) is -0.598. The number of rotatable bonds is 5. The first-order chi connectivity index (χ1) is 8.93. The predicted molar refractivity (Wildman–Crippen MR) is 70.6 cm³/mol. The molecule has 1 aromatic rings. The Kier molecular flexibility index (Phi) is 5.36. The molecule has 0 aliphatic rings. The van der Waals surface area contributed by atoms with Gasteiger partial charge in [-0.05, 0) is 23.6 Å². The molecule has 0 aromatic heterocycles. The van der Waals surface area contributed by atoms with Gasteiger partial charge in [0.1, 0.15) is 11.8 Å². The first kappa shape index (κ1) is 15.0. The zero-order valence-electron chi connectivity index (χ0n) is 11.3. The van der Waals surface area contributed by atoms with Gasteiger partial charge in [-0.2, -0.15) is 0 Å². The SMILES string of the molecule is COC(=O)C(NC(=O)Cc1ccc(O)cc1)C(C)C. The Morgan fingerprint density at radius 1 is 1.26 bits per heavy atom. The van der Waals surface area contributed by atoms with Crippen LogP contribution in [-0.2, 0) is 20.7 Å². The Balaban J connectivity index is 2.62. The first-order valence-corrected chi connectivity index (χ1v) is 6.09. The van der Waals surface area contributed by atoms with Gasteiger partial charge in [0.2, 0.25) is 5.91 Å². The fraction of sp³-hybridized carbons (Fsp3) is 0.429. The zero-order valence-corrected chi connectivity index (χ0v) is 11.3. The lowest BCUT2D eigenvalue weighted by Crippen LogP contribution is -2.45. The molecule has 0 bridgehead atoms. The maximum Gasteiger partial charge on any atom is 0.328 e. The van der Waals surface area contributed by atoms with Crippen molar-refractivity contribution >= 4 is 11.9 Å². The molecule has 1 rings (SSSR count). The van der Waals surface area contributed by atoms with E-state index in [1.165, 1.54) is 19.2 Å².